The number of unbranched alkanes of at least 4 members (excludes halogenated alkanes) is 1. The quantitative estimate of drug-likeness (QED) is 0.703. The van der Waals surface area contributed by atoms with Crippen molar-refractivity contribution in [2.75, 3.05) is 0 Å². The summed E-state index contributed by atoms with van der Waals surface area (Å²) in [4.78, 5) is 12.0. The zero-order chi connectivity index (χ0) is 18.7. The van der Waals surface area contributed by atoms with Crippen LogP contribution >= 0.6 is 0 Å². The number of ketones is 1. The van der Waals surface area contributed by atoms with Crippen molar-refractivity contribution in [3.8, 4) is 0 Å². The van der Waals surface area contributed by atoms with Gasteiger partial charge in [-0.05, 0) is 44.6 Å². The van der Waals surface area contributed by atoms with Gasteiger partial charge < -0.3 is 0 Å². The molecule has 0 spiro atoms. The van der Waals surface area contributed by atoms with E-state index in [1.54, 1.807) is 17.9 Å². The summed E-state index contributed by atoms with van der Waals surface area (Å²) < 4.78 is 42.7. The number of hydrogen-bond acceptors (Lipinski definition) is 3. The summed E-state index contributed by atoms with van der Waals surface area (Å²) in [6.45, 7) is 0.426. The van der Waals surface area contributed by atoms with Crippen LogP contribution in [0.1, 0.15) is 54.7 Å². The number of alkyl halides is 3. The fourth-order valence-electron chi connectivity index (χ4n) is 3.52. The lowest BCUT2D eigenvalue weighted by Gasteiger charge is -2.14. The Kier molecular flexibility index (Phi) is 5.48. The molecule has 2 aromatic rings. The Hall–Kier alpha value is -2.12. The molecule has 142 valence electrons. The van der Waals surface area contributed by atoms with Crippen LogP contribution in [0.25, 0.3) is 0 Å². The monoisotopic (exact) mass is 368 g/mol. The number of carbonyl (C=O) groups excluding carboxylic acids is 1. The molecular weight excluding hydrogens is 345 g/mol. The normalized spacial score (nSPS) is 14.5. The molecule has 8 heteroatoms. The fraction of sp³-hybridized carbons (Fsp3) is 0.611. The van der Waals surface area contributed by atoms with E-state index >= 15 is 0 Å². The van der Waals surface area contributed by atoms with E-state index in [9.17, 15) is 18.0 Å². The van der Waals surface area contributed by atoms with E-state index in [1.165, 1.54) is 4.68 Å². The van der Waals surface area contributed by atoms with Crippen LogP contribution in [-0.2, 0) is 43.8 Å². The predicted molar refractivity (Wildman–Crippen MR) is 89.6 cm³/mol. The third-order valence-electron chi connectivity index (χ3n) is 4.75. The van der Waals surface area contributed by atoms with Crippen LogP contribution in [0.3, 0.4) is 0 Å². The van der Waals surface area contributed by atoms with E-state index in [0.29, 0.717) is 50.6 Å². The van der Waals surface area contributed by atoms with Crippen LogP contribution in [0.15, 0.2) is 12.3 Å². The Morgan fingerprint density at radius 1 is 1.19 bits per heavy atom. The lowest BCUT2D eigenvalue weighted by atomic mass is 9.95. The van der Waals surface area contributed by atoms with E-state index in [4.69, 9.17) is 0 Å². The average molecular weight is 368 g/mol. The molecule has 0 atom stereocenters. The summed E-state index contributed by atoms with van der Waals surface area (Å²) in [6, 6.07) is 1.81. The minimum atomic E-state index is -4.40. The van der Waals surface area contributed by atoms with Crippen molar-refractivity contribution in [3.05, 3.63) is 34.9 Å². The number of hydrogen-bond donors (Lipinski definition) is 0. The van der Waals surface area contributed by atoms with Crippen LogP contribution in [0.4, 0.5) is 13.2 Å². The van der Waals surface area contributed by atoms with Gasteiger partial charge in [-0.15, -0.1) is 0 Å². The van der Waals surface area contributed by atoms with Crippen molar-refractivity contribution in [1.82, 2.24) is 19.6 Å². The number of aryl methyl sites for hydroxylation is 2. The first-order valence-electron chi connectivity index (χ1n) is 9.00. The first-order valence-corrected chi connectivity index (χ1v) is 9.00. The van der Waals surface area contributed by atoms with Crippen LogP contribution in [0, 0.1) is 0 Å². The van der Waals surface area contributed by atoms with Gasteiger partial charge in [0, 0.05) is 37.5 Å². The molecule has 0 N–H and O–H groups in total. The number of nitrogens with zero attached hydrogens (tertiary/aromatic N) is 4. The summed E-state index contributed by atoms with van der Waals surface area (Å²) >= 11 is 0. The van der Waals surface area contributed by atoms with Gasteiger partial charge in [-0.25, -0.2) is 0 Å². The molecule has 0 radical (unpaired) electrons. The Balaban J connectivity index is 1.53. The van der Waals surface area contributed by atoms with Gasteiger partial charge in [0.25, 0.3) is 0 Å². The number of halogens is 3. The minimum absolute atomic E-state index is 0.0992. The van der Waals surface area contributed by atoms with Crippen LogP contribution in [0.2, 0.25) is 0 Å². The highest BCUT2D eigenvalue weighted by Gasteiger charge is 2.39. The van der Waals surface area contributed by atoms with Crippen molar-refractivity contribution in [2.24, 2.45) is 7.05 Å². The summed E-state index contributed by atoms with van der Waals surface area (Å²) in [5.74, 6) is 0.0992. The zero-order valence-electron chi connectivity index (χ0n) is 14.8. The third kappa shape index (κ3) is 4.34. The molecule has 26 heavy (non-hydrogen) atoms. The first kappa shape index (κ1) is 18.7. The maximum absolute atomic E-state index is 13.2. The number of Topliss-reactive ketones (excluding diaryl/α,β-unsaturated/α-hetero) is 1. The highest BCUT2D eigenvalue weighted by molar-refractivity contribution is 5.80. The first-order chi connectivity index (χ1) is 12.3. The van der Waals surface area contributed by atoms with E-state index in [0.717, 1.165) is 24.2 Å². The highest BCUT2D eigenvalue weighted by Crippen LogP contribution is 2.35. The van der Waals surface area contributed by atoms with Crippen molar-refractivity contribution in [2.45, 2.75) is 64.1 Å². The van der Waals surface area contributed by atoms with E-state index < -0.39 is 11.9 Å². The minimum Gasteiger partial charge on any atom is -0.299 e. The van der Waals surface area contributed by atoms with Gasteiger partial charge in [-0.2, -0.15) is 23.4 Å². The molecular formula is C18H23F3N4O. The Morgan fingerprint density at radius 2 is 1.96 bits per heavy atom. The van der Waals surface area contributed by atoms with Crippen molar-refractivity contribution >= 4 is 5.78 Å². The van der Waals surface area contributed by atoms with E-state index in [2.05, 4.69) is 10.2 Å². The molecule has 1 aliphatic rings. The summed E-state index contributed by atoms with van der Waals surface area (Å²) in [7, 11) is 1.80. The topological polar surface area (TPSA) is 52.7 Å². The average Bonchev–Trinajstić information content (AvgIpc) is 3.15. The summed E-state index contributed by atoms with van der Waals surface area (Å²) in [5, 5.41) is 8.02. The maximum Gasteiger partial charge on any atom is 0.435 e. The van der Waals surface area contributed by atoms with E-state index in [1.807, 2.05) is 6.07 Å². The number of rotatable bonds is 7. The second kappa shape index (κ2) is 7.63. The van der Waals surface area contributed by atoms with Crippen molar-refractivity contribution in [1.29, 1.82) is 0 Å². The largest absolute Gasteiger partial charge is 0.435 e. The molecule has 0 fully saturated rings. The van der Waals surface area contributed by atoms with Gasteiger partial charge in [0.15, 0.2) is 5.69 Å². The molecule has 5 nitrogen and oxygen atoms in total. The molecule has 2 aromatic heterocycles. The van der Waals surface area contributed by atoms with Crippen LogP contribution < -0.4 is 0 Å². The number of carbonyl (C=O) groups is 1. The maximum atomic E-state index is 13.2. The Morgan fingerprint density at radius 3 is 2.65 bits per heavy atom. The molecule has 1 aliphatic carbocycles. The summed E-state index contributed by atoms with van der Waals surface area (Å²) in [5.41, 5.74) is 1.12. The molecule has 3 rings (SSSR count). The third-order valence-corrected chi connectivity index (χ3v) is 4.75. The van der Waals surface area contributed by atoms with Gasteiger partial charge in [0.05, 0.1) is 12.1 Å². The van der Waals surface area contributed by atoms with Crippen LogP contribution in [0.5, 0.6) is 0 Å². The van der Waals surface area contributed by atoms with Crippen molar-refractivity contribution < 1.29 is 18.0 Å². The zero-order valence-corrected chi connectivity index (χ0v) is 14.8. The number of aromatic nitrogens is 4. The van der Waals surface area contributed by atoms with Gasteiger partial charge in [-0.3, -0.25) is 14.2 Å². The predicted octanol–water partition coefficient (Wildman–Crippen LogP) is 3.50. The molecule has 0 unspecified atom stereocenters. The molecule has 0 amide bonds. The second-order valence-electron chi connectivity index (χ2n) is 6.86. The van der Waals surface area contributed by atoms with Gasteiger partial charge in [0.2, 0.25) is 0 Å². The lowest BCUT2D eigenvalue weighted by Crippen LogP contribution is -2.11. The molecule has 0 saturated heterocycles. The molecule has 0 aliphatic heterocycles. The standard InChI is InChI=1S/C18H23F3N4O/c1-24-11-9-13(22-24)12-14(26)6-4-5-10-25-16-8-3-2-7-15(16)17(23-25)18(19,20)21/h9,11H,2-8,10,12H2,1H3. The molecule has 0 bridgehead atoms. The Labute approximate surface area is 150 Å². The lowest BCUT2D eigenvalue weighted by molar-refractivity contribution is -0.142. The van der Waals surface area contributed by atoms with Gasteiger partial charge in [-0.1, -0.05) is 0 Å². The van der Waals surface area contributed by atoms with Gasteiger partial charge >= 0.3 is 6.18 Å². The van der Waals surface area contributed by atoms with Gasteiger partial charge in [0.1, 0.15) is 5.78 Å². The second-order valence-corrected chi connectivity index (χ2v) is 6.86. The molecule has 2 heterocycles. The van der Waals surface area contributed by atoms with Crippen molar-refractivity contribution in [3.63, 3.8) is 0 Å². The smallest absolute Gasteiger partial charge is 0.299 e. The Bertz CT molecular complexity index is 776. The van der Waals surface area contributed by atoms with E-state index in [-0.39, 0.29) is 5.78 Å². The highest BCUT2D eigenvalue weighted by atomic mass is 19.4. The number of fused-ring (bicyclic) bond motifs is 1. The summed E-state index contributed by atoms with van der Waals surface area (Å²) in [6.07, 6.45) is 2.17. The fourth-order valence-corrected chi connectivity index (χ4v) is 3.52. The molecule has 0 aromatic carbocycles. The molecule has 0 saturated carbocycles. The van der Waals surface area contributed by atoms with Crippen LogP contribution in [-0.4, -0.2) is 25.3 Å². The SMILES string of the molecule is Cn1ccc(CC(=O)CCCCn2nc(C(F)(F)F)c3c2CCCC3)n1.